The van der Waals surface area contributed by atoms with Crippen LogP contribution in [0.5, 0.6) is 0 Å². The Hall–Kier alpha value is -2.26. The van der Waals surface area contributed by atoms with Crippen LogP contribution in [0, 0.1) is 5.21 Å². The van der Waals surface area contributed by atoms with Gasteiger partial charge in [0.15, 0.2) is 0 Å². The van der Waals surface area contributed by atoms with Crippen molar-refractivity contribution in [3.05, 3.63) is 16.9 Å². The molecule has 2 fully saturated rings. The Morgan fingerprint density at radius 1 is 1.31 bits per heavy atom. The van der Waals surface area contributed by atoms with Crippen molar-refractivity contribution in [3.63, 3.8) is 0 Å². The molecule has 3 atom stereocenters. The first-order valence-electron chi connectivity index (χ1n) is 8.81. The van der Waals surface area contributed by atoms with Crippen molar-refractivity contribution >= 4 is 23.5 Å². The van der Waals surface area contributed by atoms with Crippen molar-refractivity contribution in [2.45, 2.75) is 57.5 Å². The predicted octanol–water partition coefficient (Wildman–Crippen LogP) is 1.18. The van der Waals surface area contributed by atoms with Crippen LogP contribution >= 0.6 is 0 Å². The molecule has 0 aromatic carbocycles. The molecule has 0 radical (unpaired) electrons. The number of amides is 2. The van der Waals surface area contributed by atoms with Gasteiger partial charge in [0.25, 0.3) is 11.8 Å². The highest BCUT2D eigenvalue weighted by atomic mass is 16.7. The Labute approximate surface area is 151 Å². The number of hydroxylamine groups is 5. The van der Waals surface area contributed by atoms with Crippen LogP contribution < -0.4 is 0 Å². The van der Waals surface area contributed by atoms with Crippen LogP contribution in [-0.4, -0.2) is 58.9 Å². The molecule has 3 heterocycles. The van der Waals surface area contributed by atoms with E-state index in [9.17, 15) is 19.6 Å². The summed E-state index contributed by atoms with van der Waals surface area (Å²) >= 11 is 0. The zero-order valence-electron chi connectivity index (χ0n) is 15.0. The van der Waals surface area contributed by atoms with E-state index in [2.05, 4.69) is 5.16 Å². The quantitative estimate of drug-likeness (QED) is 0.238. The Morgan fingerprint density at radius 2 is 2.00 bits per heavy atom. The summed E-state index contributed by atoms with van der Waals surface area (Å²) in [6, 6.07) is -0.0466. The summed E-state index contributed by atoms with van der Waals surface area (Å²) in [6.07, 6.45) is 5.49. The van der Waals surface area contributed by atoms with E-state index in [0.29, 0.717) is 10.8 Å². The minimum atomic E-state index is -0.884. The molecule has 2 bridgehead atoms. The van der Waals surface area contributed by atoms with Crippen LogP contribution in [0.1, 0.15) is 45.4 Å². The second kappa shape index (κ2) is 7.16. The minimum Gasteiger partial charge on any atom is -0.632 e. The van der Waals surface area contributed by atoms with Crippen LogP contribution in [-0.2, 0) is 24.1 Å². The largest absolute Gasteiger partial charge is 0.632 e. The van der Waals surface area contributed by atoms with Crippen molar-refractivity contribution < 1.29 is 28.7 Å². The summed E-state index contributed by atoms with van der Waals surface area (Å²) in [5.74, 6) is -1.98. The first-order valence-corrected chi connectivity index (χ1v) is 8.81. The molecule has 26 heavy (non-hydrogen) atoms. The molecule has 3 aliphatic rings. The summed E-state index contributed by atoms with van der Waals surface area (Å²) in [4.78, 5) is 44.2. The molecule has 9 nitrogen and oxygen atoms in total. The van der Waals surface area contributed by atoms with Crippen molar-refractivity contribution in [3.8, 4) is 0 Å². The third kappa shape index (κ3) is 3.49. The molecule has 2 saturated heterocycles. The zero-order valence-corrected chi connectivity index (χ0v) is 15.0. The highest BCUT2D eigenvalue weighted by Gasteiger charge is 2.43. The maximum Gasteiger partial charge on any atom is 0.373 e. The van der Waals surface area contributed by atoms with E-state index < -0.39 is 24.4 Å². The van der Waals surface area contributed by atoms with Gasteiger partial charge in [-0.05, 0) is 13.3 Å². The molecule has 0 N–H and O–H groups in total. The molecular formula is C17H23N3O6. The Balaban J connectivity index is 1.56. The lowest BCUT2D eigenvalue weighted by atomic mass is 9.97. The van der Waals surface area contributed by atoms with E-state index in [-0.39, 0.29) is 29.6 Å². The fourth-order valence-electron chi connectivity index (χ4n) is 3.93. The number of carbonyl (C=O) groups is 3. The van der Waals surface area contributed by atoms with Gasteiger partial charge in [0, 0.05) is 37.7 Å². The highest BCUT2D eigenvalue weighted by Crippen LogP contribution is 2.39. The molecule has 0 aromatic rings. The molecule has 9 heteroatoms. The topological polar surface area (TPSA) is 108 Å². The first kappa shape index (κ1) is 18.5. The van der Waals surface area contributed by atoms with Gasteiger partial charge >= 0.3 is 5.97 Å². The third-order valence-corrected chi connectivity index (χ3v) is 5.34. The lowest BCUT2D eigenvalue weighted by Gasteiger charge is -2.45. The number of allylic oxidation sites excluding steroid dienone is 1. The summed E-state index contributed by atoms with van der Waals surface area (Å²) in [6.45, 7) is 1.21. The average molecular weight is 365 g/mol. The fraction of sp³-hybridized carbons (Fsp3) is 0.647. The van der Waals surface area contributed by atoms with E-state index >= 15 is 0 Å². The highest BCUT2D eigenvalue weighted by molar-refractivity contribution is 6.01. The van der Waals surface area contributed by atoms with E-state index in [1.54, 1.807) is 14.0 Å². The average Bonchev–Trinajstić information content (AvgIpc) is 2.97. The molecule has 0 aliphatic carbocycles. The van der Waals surface area contributed by atoms with Crippen LogP contribution in [0.25, 0.3) is 0 Å². The molecule has 2 amide bonds. The van der Waals surface area contributed by atoms with Crippen LogP contribution in [0.3, 0.4) is 0 Å². The standard InChI is InChI=1S/C17H23N3O6/c1-11(13-5-3-4-12-6-7-14(13)20(12,2)24)18-25-10-17(23)26-19-15(21)8-9-16(19)22/h5,12,14H,3-4,6-10H2,1-2H3/b18-11+. The smallest absolute Gasteiger partial charge is 0.373 e. The molecule has 3 rings (SSSR count). The fourth-order valence-corrected chi connectivity index (χ4v) is 3.93. The number of hydrogen-bond acceptors (Lipinski definition) is 7. The van der Waals surface area contributed by atoms with Crippen molar-refractivity contribution in [1.29, 1.82) is 0 Å². The Morgan fingerprint density at radius 3 is 2.69 bits per heavy atom. The minimum absolute atomic E-state index is 0.0347. The summed E-state index contributed by atoms with van der Waals surface area (Å²) in [7, 11) is 1.71. The van der Waals surface area contributed by atoms with Gasteiger partial charge in [-0.2, -0.15) is 0 Å². The summed E-state index contributed by atoms with van der Waals surface area (Å²) in [5.41, 5.74) is 1.42. The van der Waals surface area contributed by atoms with Crippen molar-refractivity contribution in [2.24, 2.45) is 5.16 Å². The molecule has 3 unspecified atom stereocenters. The van der Waals surface area contributed by atoms with Gasteiger partial charge in [-0.1, -0.05) is 11.2 Å². The SMILES string of the molecule is C/C(=N\OCC(=O)ON1C(=O)CCC1=O)C1=CCCC2CCC1[N+]2(C)[O-]. The zero-order chi connectivity index (χ0) is 18.9. The number of oxime groups is 1. The number of quaternary nitrogens is 1. The molecule has 0 aromatic heterocycles. The number of imide groups is 1. The number of hydrogen-bond donors (Lipinski definition) is 0. The van der Waals surface area contributed by atoms with Gasteiger partial charge in [-0.3, -0.25) is 9.59 Å². The molecule has 142 valence electrons. The van der Waals surface area contributed by atoms with E-state index in [1.165, 1.54) is 0 Å². The van der Waals surface area contributed by atoms with Crippen LogP contribution in [0.4, 0.5) is 0 Å². The number of nitrogens with zero attached hydrogens (tertiary/aromatic N) is 3. The van der Waals surface area contributed by atoms with Crippen LogP contribution in [0.15, 0.2) is 16.8 Å². The monoisotopic (exact) mass is 365 g/mol. The maximum atomic E-state index is 12.9. The first-order chi connectivity index (χ1) is 12.3. The number of fused-ring (bicyclic) bond motifs is 2. The predicted molar refractivity (Wildman–Crippen MR) is 89.9 cm³/mol. The summed E-state index contributed by atoms with van der Waals surface area (Å²) in [5, 5.41) is 17.3. The summed E-state index contributed by atoms with van der Waals surface area (Å²) < 4.78 is -0.292. The van der Waals surface area contributed by atoms with Gasteiger partial charge in [0.1, 0.15) is 6.04 Å². The van der Waals surface area contributed by atoms with Gasteiger partial charge in [-0.25, -0.2) is 4.79 Å². The molecule has 0 spiro atoms. The second-order valence-corrected chi connectivity index (χ2v) is 7.04. The number of likely N-dealkylation sites (N-methyl/N-ethyl adjacent to an activating group) is 1. The maximum absolute atomic E-state index is 12.9. The molecular weight excluding hydrogens is 342 g/mol. The van der Waals surface area contributed by atoms with Crippen molar-refractivity contribution in [2.75, 3.05) is 13.7 Å². The van der Waals surface area contributed by atoms with E-state index in [0.717, 1.165) is 31.3 Å². The lowest BCUT2D eigenvalue weighted by Crippen LogP contribution is -2.49. The third-order valence-electron chi connectivity index (χ3n) is 5.34. The van der Waals surface area contributed by atoms with E-state index in [1.807, 2.05) is 6.08 Å². The Bertz CT molecular complexity index is 668. The molecule has 3 aliphatic heterocycles. The Kier molecular flexibility index (Phi) is 5.10. The number of rotatable bonds is 5. The van der Waals surface area contributed by atoms with Gasteiger partial charge in [0.05, 0.1) is 18.8 Å². The molecule has 0 saturated carbocycles. The van der Waals surface area contributed by atoms with Gasteiger partial charge in [0.2, 0.25) is 6.61 Å². The van der Waals surface area contributed by atoms with Crippen molar-refractivity contribution in [1.82, 2.24) is 5.06 Å². The van der Waals surface area contributed by atoms with Gasteiger partial charge in [-0.15, -0.1) is 5.06 Å². The second-order valence-electron chi connectivity index (χ2n) is 7.04. The van der Waals surface area contributed by atoms with Gasteiger partial charge < -0.3 is 19.5 Å². The number of carbonyl (C=O) groups excluding carboxylic acids is 3. The normalized spacial score (nSPS) is 31.7. The lowest BCUT2D eigenvalue weighted by molar-refractivity contribution is -0.890. The van der Waals surface area contributed by atoms with E-state index in [4.69, 9.17) is 9.68 Å². The van der Waals surface area contributed by atoms with Crippen LogP contribution in [0.2, 0.25) is 0 Å².